The molecule has 0 unspecified atom stereocenters. The number of aromatic nitrogens is 2. The van der Waals surface area contributed by atoms with Crippen molar-refractivity contribution in [3.8, 4) is 0 Å². The maximum Gasteiger partial charge on any atom is 0.312 e. The Bertz CT molecular complexity index is 480. The van der Waals surface area contributed by atoms with E-state index in [2.05, 4.69) is 25.9 Å². The third-order valence-electron chi connectivity index (χ3n) is 1.66. The fourth-order valence-electron chi connectivity index (χ4n) is 1.10. The number of fused-ring (bicyclic) bond motifs is 1. The van der Waals surface area contributed by atoms with Crippen LogP contribution in [-0.2, 0) is 0 Å². The average Bonchev–Trinajstić information content (AvgIpc) is 2.46. The molecule has 0 fully saturated rings. The van der Waals surface area contributed by atoms with E-state index in [9.17, 15) is 10.1 Å². The second kappa shape index (κ2) is 2.81. The van der Waals surface area contributed by atoms with Crippen molar-refractivity contribution >= 4 is 32.7 Å². The summed E-state index contributed by atoms with van der Waals surface area (Å²) in [5.41, 5.74) is 1.03. The second-order valence-corrected chi connectivity index (χ2v) is 3.27. The Labute approximate surface area is 81.1 Å². The Morgan fingerprint density at radius 2 is 2.31 bits per heavy atom. The number of pyridine rings is 1. The zero-order chi connectivity index (χ0) is 9.42. The third kappa shape index (κ3) is 1.29. The molecule has 0 amide bonds. The molecule has 2 rings (SSSR count). The topological polar surface area (TPSA) is 71.8 Å². The number of nitrogens with zero attached hydrogens (tertiary/aromatic N) is 2. The van der Waals surface area contributed by atoms with E-state index in [0.29, 0.717) is 15.6 Å². The van der Waals surface area contributed by atoms with E-state index < -0.39 is 4.92 Å². The van der Waals surface area contributed by atoms with E-state index in [-0.39, 0.29) is 5.69 Å². The van der Waals surface area contributed by atoms with Crippen molar-refractivity contribution in [3.05, 3.63) is 33.0 Å². The Morgan fingerprint density at radius 3 is 3.00 bits per heavy atom. The summed E-state index contributed by atoms with van der Waals surface area (Å²) < 4.78 is 0.586. The van der Waals surface area contributed by atoms with Gasteiger partial charge in [0.2, 0.25) is 0 Å². The molecule has 0 aliphatic carbocycles. The first kappa shape index (κ1) is 8.18. The molecular weight excluding hydrogens is 238 g/mol. The van der Waals surface area contributed by atoms with Crippen molar-refractivity contribution in [3.63, 3.8) is 0 Å². The van der Waals surface area contributed by atoms with Crippen LogP contribution < -0.4 is 0 Å². The fourth-order valence-corrected chi connectivity index (χ4v) is 1.41. The Balaban J connectivity index is 2.79. The van der Waals surface area contributed by atoms with Crippen LogP contribution in [0.25, 0.3) is 11.0 Å². The second-order valence-electron chi connectivity index (χ2n) is 2.46. The molecule has 1 N–H and O–H groups in total. The molecule has 0 bridgehead atoms. The Morgan fingerprint density at radius 1 is 1.54 bits per heavy atom. The molecule has 0 aliphatic rings. The van der Waals surface area contributed by atoms with Gasteiger partial charge in [-0.1, -0.05) is 0 Å². The van der Waals surface area contributed by atoms with Gasteiger partial charge in [-0.2, -0.15) is 0 Å². The lowest BCUT2D eigenvalue weighted by Crippen LogP contribution is -1.86. The molecule has 13 heavy (non-hydrogen) atoms. The predicted octanol–water partition coefficient (Wildman–Crippen LogP) is 2.23. The molecule has 0 atom stereocenters. The molecule has 2 aromatic heterocycles. The highest BCUT2D eigenvalue weighted by Gasteiger charge is 2.14. The SMILES string of the molecule is O=[N+]([O-])c1c[nH]c2ccc(Br)nc12. The summed E-state index contributed by atoms with van der Waals surface area (Å²) in [6, 6.07) is 3.46. The Kier molecular flexibility index (Phi) is 1.77. The van der Waals surface area contributed by atoms with Gasteiger partial charge in [0.05, 0.1) is 16.6 Å². The highest BCUT2D eigenvalue weighted by atomic mass is 79.9. The summed E-state index contributed by atoms with van der Waals surface area (Å²) >= 11 is 3.15. The molecule has 0 radical (unpaired) electrons. The first-order valence-electron chi connectivity index (χ1n) is 3.46. The van der Waals surface area contributed by atoms with E-state index >= 15 is 0 Å². The number of hydrogen-bond acceptors (Lipinski definition) is 3. The fraction of sp³-hybridized carbons (Fsp3) is 0. The number of nitro groups is 1. The van der Waals surface area contributed by atoms with Gasteiger partial charge < -0.3 is 4.98 Å². The zero-order valence-corrected chi connectivity index (χ0v) is 7.91. The van der Waals surface area contributed by atoms with Crippen molar-refractivity contribution in [1.29, 1.82) is 0 Å². The number of H-pyrrole nitrogens is 1. The molecule has 0 saturated heterocycles. The normalized spacial score (nSPS) is 10.5. The summed E-state index contributed by atoms with van der Waals surface area (Å²) in [7, 11) is 0. The maximum atomic E-state index is 10.5. The van der Waals surface area contributed by atoms with E-state index in [4.69, 9.17) is 0 Å². The van der Waals surface area contributed by atoms with Crippen LogP contribution in [-0.4, -0.2) is 14.9 Å². The van der Waals surface area contributed by atoms with Crippen LogP contribution in [0, 0.1) is 10.1 Å². The third-order valence-corrected chi connectivity index (χ3v) is 2.11. The van der Waals surface area contributed by atoms with Crippen LogP contribution in [0.1, 0.15) is 0 Å². The Hall–Kier alpha value is -1.43. The van der Waals surface area contributed by atoms with E-state index in [1.165, 1.54) is 6.20 Å². The highest BCUT2D eigenvalue weighted by Crippen LogP contribution is 2.24. The molecule has 5 nitrogen and oxygen atoms in total. The van der Waals surface area contributed by atoms with E-state index in [1.807, 2.05) is 0 Å². The lowest BCUT2D eigenvalue weighted by Gasteiger charge is -1.90. The number of hydrogen-bond donors (Lipinski definition) is 1. The van der Waals surface area contributed by atoms with Gasteiger partial charge in [0.15, 0.2) is 5.52 Å². The predicted molar refractivity (Wildman–Crippen MR) is 50.4 cm³/mol. The smallest absolute Gasteiger partial charge is 0.312 e. The summed E-state index contributed by atoms with van der Waals surface area (Å²) in [5, 5.41) is 10.5. The average molecular weight is 242 g/mol. The lowest BCUT2D eigenvalue weighted by atomic mass is 10.4. The van der Waals surface area contributed by atoms with Gasteiger partial charge in [-0.15, -0.1) is 0 Å². The van der Waals surface area contributed by atoms with Crippen molar-refractivity contribution in [1.82, 2.24) is 9.97 Å². The van der Waals surface area contributed by atoms with Crippen LogP contribution in [0.4, 0.5) is 5.69 Å². The number of halogens is 1. The van der Waals surface area contributed by atoms with Crippen molar-refractivity contribution in [2.75, 3.05) is 0 Å². The van der Waals surface area contributed by atoms with Gasteiger partial charge >= 0.3 is 5.69 Å². The number of nitrogens with one attached hydrogen (secondary N) is 1. The van der Waals surface area contributed by atoms with Crippen LogP contribution in [0.15, 0.2) is 22.9 Å². The van der Waals surface area contributed by atoms with Gasteiger partial charge in [0.1, 0.15) is 4.60 Å². The molecule has 0 spiro atoms. The zero-order valence-electron chi connectivity index (χ0n) is 6.32. The van der Waals surface area contributed by atoms with Gasteiger partial charge in [0.25, 0.3) is 0 Å². The first-order valence-corrected chi connectivity index (χ1v) is 4.26. The quantitative estimate of drug-likeness (QED) is 0.473. The summed E-state index contributed by atoms with van der Waals surface area (Å²) in [6.07, 6.45) is 1.34. The minimum Gasteiger partial charge on any atom is -0.354 e. The molecule has 0 aromatic carbocycles. The van der Waals surface area contributed by atoms with Gasteiger partial charge in [-0.05, 0) is 28.1 Å². The number of rotatable bonds is 1. The van der Waals surface area contributed by atoms with Crippen molar-refractivity contribution < 1.29 is 4.92 Å². The molecule has 0 aliphatic heterocycles. The molecule has 2 heterocycles. The van der Waals surface area contributed by atoms with Crippen LogP contribution >= 0.6 is 15.9 Å². The molecule has 66 valence electrons. The van der Waals surface area contributed by atoms with Crippen LogP contribution in [0.3, 0.4) is 0 Å². The first-order chi connectivity index (χ1) is 6.18. The van der Waals surface area contributed by atoms with E-state index in [1.54, 1.807) is 12.1 Å². The van der Waals surface area contributed by atoms with Crippen molar-refractivity contribution in [2.24, 2.45) is 0 Å². The molecular formula is C7H4BrN3O2. The van der Waals surface area contributed by atoms with Gasteiger partial charge in [0, 0.05) is 0 Å². The van der Waals surface area contributed by atoms with Crippen LogP contribution in [0.5, 0.6) is 0 Å². The minimum absolute atomic E-state index is 0.00343. The maximum absolute atomic E-state index is 10.5. The van der Waals surface area contributed by atoms with E-state index in [0.717, 1.165) is 0 Å². The number of aromatic amines is 1. The van der Waals surface area contributed by atoms with Gasteiger partial charge in [-0.25, -0.2) is 4.98 Å². The monoisotopic (exact) mass is 241 g/mol. The summed E-state index contributed by atoms with van der Waals surface area (Å²) in [4.78, 5) is 16.8. The summed E-state index contributed by atoms with van der Waals surface area (Å²) in [5.74, 6) is 0. The minimum atomic E-state index is -0.460. The van der Waals surface area contributed by atoms with Crippen LogP contribution in [0.2, 0.25) is 0 Å². The molecule has 6 heteroatoms. The molecule has 2 aromatic rings. The highest BCUT2D eigenvalue weighted by molar-refractivity contribution is 9.10. The summed E-state index contributed by atoms with van der Waals surface area (Å²) in [6.45, 7) is 0. The lowest BCUT2D eigenvalue weighted by molar-refractivity contribution is -0.383. The van der Waals surface area contributed by atoms with Gasteiger partial charge in [-0.3, -0.25) is 10.1 Å². The van der Waals surface area contributed by atoms with Crippen molar-refractivity contribution in [2.45, 2.75) is 0 Å². The molecule has 0 saturated carbocycles. The largest absolute Gasteiger partial charge is 0.354 e. The standard InChI is InChI=1S/C7H4BrN3O2/c8-6-2-1-4-7(10-6)5(3-9-4)11(12)13/h1-3,9H.